The van der Waals surface area contributed by atoms with E-state index >= 15 is 0 Å². The van der Waals surface area contributed by atoms with Gasteiger partial charge in [0.2, 0.25) is 0 Å². The summed E-state index contributed by atoms with van der Waals surface area (Å²) in [6, 6.07) is 4.05. The molecule has 0 amide bonds. The fourth-order valence-electron chi connectivity index (χ4n) is 0.747. The lowest BCUT2D eigenvalue weighted by molar-refractivity contribution is 1.18. The topological polar surface area (TPSA) is 12.9 Å². The highest BCUT2D eigenvalue weighted by molar-refractivity contribution is 5.21. The number of hydrogen-bond donors (Lipinski definition) is 0. The fourth-order valence-corrected chi connectivity index (χ4v) is 0.747. The van der Waals surface area contributed by atoms with E-state index in [1.807, 2.05) is 26.1 Å². The minimum atomic E-state index is 1.07. The molecule has 1 aromatic heterocycles. The third-order valence-corrected chi connectivity index (χ3v) is 1.25. The monoisotopic (exact) mass is 120 g/mol. The molecule has 0 saturated heterocycles. The number of hydrogen-bond acceptors (Lipinski definition) is 1. The van der Waals surface area contributed by atoms with Crippen LogP contribution in [0.15, 0.2) is 18.3 Å². The van der Waals surface area contributed by atoms with E-state index < -0.39 is 0 Å². The van der Waals surface area contributed by atoms with Gasteiger partial charge in [0.15, 0.2) is 0 Å². The first-order valence-corrected chi connectivity index (χ1v) is 3.05. The highest BCUT2D eigenvalue weighted by Crippen LogP contribution is 2.01. The van der Waals surface area contributed by atoms with Gasteiger partial charge in [-0.05, 0) is 31.0 Å². The van der Waals surface area contributed by atoms with Crippen molar-refractivity contribution in [2.45, 2.75) is 13.8 Å². The van der Waals surface area contributed by atoms with Gasteiger partial charge in [0.25, 0.3) is 0 Å². The third kappa shape index (κ3) is 1.53. The van der Waals surface area contributed by atoms with Gasteiger partial charge in [0.05, 0.1) is 0 Å². The van der Waals surface area contributed by atoms with Gasteiger partial charge in [-0.15, -0.1) is 0 Å². The molecular formula is C8H10N. The molecule has 9 heavy (non-hydrogen) atoms. The summed E-state index contributed by atoms with van der Waals surface area (Å²) in [6.07, 6.45) is 3.89. The molecule has 1 heterocycles. The van der Waals surface area contributed by atoms with Gasteiger partial charge >= 0.3 is 0 Å². The lowest BCUT2D eigenvalue weighted by atomic mass is 10.2. The van der Waals surface area contributed by atoms with Crippen molar-refractivity contribution in [1.82, 2.24) is 4.98 Å². The molecule has 0 bridgehead atoms. The van der Waals surface area contributed by atoms with Crippen LogP contribution in [0.3, 0.4) is 0 Å². The second kappa shape index (κ2) is 2.62. The Kier molecular flexibility index (Phi) is 1.83. The largest absolute Gasteiger partial charge is 0.262 e. The summed E-state index contributed by atoms with van der Waals surface area (Å²) in [7, 11) is 0. The number of pyridine rings is 1. The second-order valence-corrected chi connectivity index (χ2v) is 2.02. The fraction of sp³-hybridized carbons (Fsp3) is 0.250. The van der Waals surface area contributed by atoms with Gasteiger partial charge in [-0.25, -0.2) is 0 Å². The Morgan fingerprint density at radius 1 is 1.56 bits per heavy atom. The molecule has 0 aliphatic heterocycles. The van der Waals surface area contributed by atoms with Crippen LogP contribution in [0.4, 0.5) is 0 Å². The van der Waals surface area contributed by atoms with Crippen LogP contribution >= 0.6 is 0 Å². The molecule has 1 aromatic rings. The summed E-state index contributed by atoms with van der Waals surface area (Å²) < 4.78 is 0. The van der Waals surface area contributed by atoms with Crippen LogP contribution in [0.5, 0.6) is 0 Å². The summed E-state index contributed by atoms with van der Waals surface area (Å²) in [5.41, 5.74) is 2.31. The molecule has 1 nitrogen and oxygen atoms in total. The van der Waals surface area contributed by atoms with Crippen LogP contribution in [-0.2, 0) is 0 Å². The molecular weight excluding hydrogens is 110 g/mol. The van der Waals surface area contributed by atoms with Crippen LogP contribution < -0.4 is 0 Å². The Morgan fingerprint density at radius 3 is 2.78 bits per heavy atom. The first kappa shape index (κ1) is 6.27. The number of rotatable bonds is 1. The molecule has 0 fully saturated rings. The van der Waals surface area contributed by atoms with E-state index in [1.54, 1.807) is 0 Å². The minimum Gasteiger partial charge on any atom is -0.262 e. The highest BCUT2D eigenvalue weighted by atomic mass is 14.6. The lowest BCUT2D eigenvalue weighted by Gasteiger charge is -1.94. The first-order chi connectivity index (χ1) is 4.33. The van der Waals surface area contributed by atoms with Crippen molar-refractivity contribution in [2.24, 2.45) is 0 Å². The SMILES string of the molecule is C[CH]c1ccnc(C)c1. The summed E-state index contributed by atoms with van der Waals surface area (Å²) >= 11 is 0. The molecule has 0 saturated carbocycles. The summed E-state index contributed by atoms with van der Waals surface area (Å²) in [6.45, 7) is 4.02. The van der Waals surface area contributed by atoms with E-state index in [1.165, 1.54) is 5.56 Å². The van der Waals surface area contributed by atoms with Crippen molar-refractivity contribution in [3.63, 3.8) is 0 Å². The Morgan fingerprint density at radius 2 is 2.33 bits per heavy atom. The first-order valence-electron chi connectivity index (χ1n) is 3.05. The lowest BCUT2D eigenvalue weighted by Crippen LogP contribution is -1.81. The van der Waals surface area contributed by atoms with Crippen molar-refractivity contribution >= 4 is 0 Å². The van der Waals surface area contributed by atoms with E-state index in [-0.39, 0.29) is 0 Å². The van der Waals surface area contributed by atoms with Gasteiger partial charge in [-0.3, -0.25) is 4.98 Å². The van der Waals surface area contributed by atoms with Crippen molar-refractivity contribution < 1.29 is 0 Å². The van der Waals surface area contributed by atoms with Crippen molar-refractivity contribution in [3.05, 3.63) is 36.0 Å². The zero-order valence-corrected chi connectivity index (χ0v) is 5.76. The smallest absolute Gasteiger partial charge is 0.0375 e. The van der Waals surface area contributed by atoms with Crippen LogP contribution in [0.1, 0.15) is 18.2 Å². The van der Waals surface area contributed by atoms with Crippen LogP contribution in [0.25, 0.3) is 0 Å². The molecule has 0 spiro atoms. The van der Waals surface area contributed by atoms with E-state index in [9.17, 15) is 0 Å². The molecule has 0 aliphatic carbocycles. The number of aryl methyl sites for hydroxylation is 1. The summed E-state index contributed by atoms with van der Waals surface area (Å²) in [5, 5.41) is 0. The number of aromatic nitrogens is 1. The van der Waals surface area contributed by atoms with Crippen molar-refractivity contribution in [1.29, 1.82) is 0 Å². The molecule has 0 atom stereocenters. The zero-order valence-electron chi connectivity index (χ0n) is 5.76. The van der Waals surface area contributed by atoms with Gasteiger partial charge in [0, 0.05) is 11.9 Å². The molecule has 1 heteroatoms. The van der Waals surface area contributed by atoms with Gasteiger partial charge in [-0.1, -0.05) is 6.92 Å². The Hall–Kier alpha value is -0.850. The van der Waals surface area contributed by atoms with Gasteiger partial charge < -0.3 is 0 Å². The molecule has 0 aliphatic rings. The maximum atomic E-state index is 4.07. The standard InChI is InChI=1S/C8H10N/c1-3-8-4-5-9-7(2)6-8/h3-6H,1-2H3. The van der Waals surface area contributed by atoms with Crippen LogP contribution in [0, 0.1) is 13.3 Å². The zero-order chi connectivity index (χ0) is 6.69. The minimum absolute atomic E-state index is 1.07. The van der Waals surface area contributed by atoms with Crippen molar-refractivity contribution in [3.8, 4) is 0 Å². The van der Waals surface area contributed by atoms with Gasteiger partial charge in [0.1, 0.15) is 0 Å². The highest BCUT2D eigenvalue weighted by Gasteiger charge is 1.87. The predicted octanol–water partition coefficient (Wildman–Crippen LogP) is 1.96. The maximum absolute atomic E-state index is 4.07. The molecule has 0 aromatic carbocycles. The Bertz CT molecular complexity index is 194. The Balaban J connectivity index is 2.94. The molecule has 1 radical (unpaired) electrons. The molecule has 1 rings (SSSR count). The van der Waals surface area contributed by atoms with Gasteiger partial charge in [-0.2, -0.15) is 0 Å². The van der Waals surface area contributed by atoms with Crippen molar-refractivity contribution in [2.75, 3.05) is 0 Å². The maximum Gasteiger partial charge on any atom is 0.0375 e. The normalized spacial score (nSPS) is 9.56. The number of nitrogens with zero attached hydrogens (tertiary/aromatic N) is 1. The van der Waals surface area contributed by atoms with E-state index in [0.717, 1.165) is 5.69 Å². The average Bonchev–Trinajstić information content (AvgIpc) is 1.88. The molecule has 47 valence electrons. The molecule has 0 unspecified atom stereocenters. The van der Waals surface area contributed by atoms with Crippen LogP contribution in [0.2, 0.25) is 0 Å². The Labute approximate surface area is 55.7 Å². The van der Waals surface area contributed by atoms with E-state index in [4.69, 9.17) is 0 Å². The predicted molar refractivity (Wildman–Crippen MR) is 38.1 cm³/mol. The second-order valence-electron chi connectivity index (χ2n) is 2.02. The van der Waals surface area contributed by atoms with E-state index in [0.29, 0.717) is 0 Å². The average molecular weight is 120 g/mol. The van der Waals surface area contributed by atoms with E-state index in [2.05, 4.69) is 17.5 Å². The summed E-state index contributed by atoms with van der Waals surface area (Å²) in [5.74, 6) is 0. The van der Waals surface area contributed by atoms with Crippen LogP contribution in [-0.4, -0.2) is 4.98 Å². The summed E-state index contributed by atoms with van der Waals surface area (Å²) in [4.78, 5) is 4.07. The molecule has 0 N–H and O–H groups in total. The quantitative estimate of drug-likeness (QED) is 0.552. The third-order valence-electron chi connectivity index (χ3n) is 1.25.